The van der Waals surface area contributed by atoms with Crippen LogP contribution in [0.2, 0.25) is 5.02 Å². The second kappa shape index (κ2) is 6.10. The van der Waals surface area contributed by atoms with Gasteiger partial charge >= 0.3 is 0 Å². The number of halogens is 2. The van der Waals surface area contributed by atoms with E-state index in [1.165, 1.54) is 6.07 Å². The van der Waals surface area contributed by atoms with E-state index < -0.39 is 5.82 Å². The molecule has 24 heavy (non-hydrogen) atoms. The summed E-state index contributed by atoms with van der Waals surface area (Å²) in [7, 11) is 0. The van der Waals surface area contributed by atoms with Crippen LogP contribution in [0.25, 0.3) is 22.2 Å². The number of aromatic nitrogens is 2. The van der Waals surface area contributed by atoms with E-state index in [1.807, 2.05) is 65.3 Å². The third kappa shape index (κ3) is 2.68. The highest BCUT2D eigenvalue weighted by Gasteiger charge is 2.15. The lowest BCUT2D eigenvalue weighted by molar-refractivity contribution is 0.630. The smallest absolute Gasteiger partial charge is 0.142 e. The molecule has 0 aliphatic rings. The maximum atomic E-state index is 14.0. The van der Waals surface area contributed by atoms with Crippen molar-refractivity contribution >= 4 is 22.5 Å². The standard InChI is InChI=1S/C20H14ClFN2/c21-17-12-19-16(11-18(17)22)20(15-9-5-2-6-10-15)23-24(19)13-14-7-3-1-4-8-14/h1-12H,13H2. The number of hydrogen-bond acceptors (Lipinski definition) is 1. The van der Waals surface area contributed by atoms with Gasteiger partial charge in [0.15, 0.2) is 0 Å². The van der Waals surface area contributed by atoms with Crippen molar-refractivity contribution in [3.05, 3.63) is 89.2 Å². The minimum absolute atomic E-state index is 0.108. The third-order valence-corrected chi connectivity index (χ3v) is 4.30. The molecule has 0 saturated heterocycles. The van der Waals surface area contributed by atoms with Crippen molar-refractivity contribution in [2.45, 2.75) is 6.54 Å². The maximum absolute atomic E-state index is 14.0. The SMILES string of the molecule is Fc1cc2c(-c3ccccc3)nn(Cc3ccccc3)c2cc1Cl. The fraction of sp³-hybridized carbons (Fsp3) is 0.0500. The van der Waals surface area contributed by atoms with Crippen molar-refractivity contribution in [1.82, 2.24) is 9.78 Å². The molecule has 118 valence electrons. The van der Waals surface area contributed by atoms with E-state index in [1.54, 1.807) is 6.07 Å². The first-order chi connectivity index (χ1) is 11.7. The lowest BCUT2D eigenvalue weighted by Gasteiger charge is -2.04. The zero-order valence-electron chi connectivity index (χ0n) is 12.8. The van der Waals surface area contributed by atoms with Gasteiger partial charge in [0.05, 0.1) is 17.1 Å². The van der Waals surface area contributed by atoms with E-state index in [0.29, 0.717) is 6.54 Å². The molecule has 0 saturated carbocycles. The molecule has 0 atom stereocenters. The molecule has 0 bridgehead atoms. The van der Waals surface area contributed by atoms with Gasteiger partial charge in [-0.1, -0.05) is 72.3 Å². The Morgan fingerprint density at radius 1 is 0.917 bits per heavy atom. The molecular weight excluding hydrogens is 323 g/mol. The van der Waals surface area contributed by atoms with Crippen LogP contribution in [0.5, 0.6) is 0 Å². The molecule has 0 N–H and O–H groups in total. The molecule has 4 aromatic rings. The summed E-state index contributed by atoms with van der Waals surface area (Å²) < 4.78 is 15.9. The average Bonchev–Trinajstić information content (AvgIpc) is 2.95. The minimum Gasteiger partial charge on any atom is -0.260 e. The Bertz CT molecular complexity index is 995. The Balaban J connectivity index is 1.92. The van der Waals surface area contributed by atoms with E-state index >= 15 is 0 Å². The van der Waals surface area contributed by atoms with Gasteiger partial charge in [0.2, 0.25) is 0 Å². The van der Waals surface area contributed by atoms with Crippen LogP contribution in [-0.2, 0) is 6.54 Å². The van der Waals surface area contributed by atoms with Crippen LogP contribution in [0.1, 0.15) is 5.56 Å². The van der Waals surface area contributed by atoms with Crippen molar-refractivity contribution < 1.29 is 4.39 Å². The molecule has 2 nitrogen and oxygen atoms in total. The first kappa shape index (κ1) is 14.9. The maximum Gasteiger partial charge on any atom is 0.142 e. The topological polar surface area (TPSA) is 17.8 Å². The predicted molar refractivity (Wildman–Crippen MR) is 95.7 cm³/mol. The second-order valence-electron chi connectivity index (χ2n) is 5.64. The molecule has 1 heterocycles. The van der Waals surface area contributed by atoms with E-state index in [0.717, 1.165) is 27.7 Å². The highest BCUT2D eigenvalue weighted by molar-refractivity contribution is 6.31. The first-order valence-corrected chi connectivity index (χ1v) is 8.05. The molecule has 3 aromatic carbocycles. The average molecular weight is 337 g/mol. The molecule has 4 rings (SSSR count). The Morgan fingerprint density at radius 2 is 1.58 bits per heavy atom. The normalized spacial score (nSPS) is 11.1. The van der Waals surface area contributed by atoms with Gasteiger partial charge in [-0.15, -0.1) is 0 Å². The lowest BCUT2D eigenvalue weighted by atomic mass is 10.1. The zero-order valence-corrected chi connectivity index (χ0v) is 13.5. The molecule has 1 aromatic heterocycles. The summed E-state index contributed by atoms with van der Waals surface area (Å²) in [4.78, 5) is 0. The Kier molecular flexibility index (Phi) is 3.79. The van der Waals surface area contributed by atoms with Gasteiger partial charge in [-0.2, -0.15) is 5.10 Å². The van der Waals surface area contributed by atoms with Crippen molar-refractivity contribution in [2.75, 3.05) is 0 Å². The van der Waals surface area contributed by atoms with Crippen LogP contribution in [0.15, 0.2) is 72.8 Å². The largest absolute Gasteiger partial charge is 0.260 e. The van der Waals surface area contributed by atoms with Gasteiger partial charge in [0.1, 0.15) is 11.5 Å². The van der Waals surface area contributed by atoms with Crippen LogP contribution in [-0.4, -0.2) is 9.78 Å². The zero-order chi connectivity index (χ0) is 16.5. The fourth-order valence-corrected chi connectivity index (χ4v) is 3.01. The Hall–Kier alpha value is -2.65. The summed E-state index contributed by atoms with van der Waals surface area (Å²) in [5.74, 6) is -0.430. The Labute approximate surface area is 144 Å². The number of fused-ring (bicyclic) bond motifs is 1. The van der Waals surface area contributed by atoms with E-state index in [9.17, 15) is 4.39 Å². The van der Waals surface area contributed by atoms with E-state index in [2.05, 4.69) is 0 Å². The molecule has 0 spiro atoms. The number of benzene rings is 3. The summed E-state index contributed by atoms with van der Waals surface area (Å²) in [5, 5.41) is 5.60. The molecular formula is C20H14ClFN2. The van der Waals surface area contributed by atoms with Crippen LogP contribution in [0.3, 0.4) is 0 Å². The van der Waals surface area contributed by atoms with E-state index in [4.69, 9.17) is 16.7 Å². The molecule has 0 aliphatic heterocycles. The summed E-state index contributed by atoms with van der Waals surface area (Å²) in [6, 6.07) is 23.0. The quantitative estimate of drug-likeness (QED) is 0.480. The van der Waals surface area contributed by atoms with Gasteiger partial charge in [-0.05, 0) is 17.7 Å². The highest BCUT2D eigenvalue weighted by Crippen LogP contribution is 2.31. The van der Waals surface area contributed by atoms with Crippen LogP contribution in [0.4, 0.5) is 4.39 Å². The summed E-state index contributed by atoms with van der Waals surface area (Å²) >= 11 is 6.00. The van der Waals surface area contributed by atoms with Crippen molar-refractivity contribution in [3.8, 4) is 11.3 Å². The first-order valence-electron chi connectivity index (χ1n) is 7.67. The third-order valence-electron chi connectivity index (χ3n) is 4.01. The summed E-state index contributed by atoms with van der Waals surface area (Å²) in [6.07, 6.45) is 0. The fourth-order valence-electron chi connectivity index (χ4n) is 2.85. The van der Waals surface area contributed by atoms with Gasteiger partial charge in [-0.3, -0.25) is 4.68 Å². The van der Waals surface area contributed by atoms with Crippen LogP contribution >= 0.6 is 11.6 Å². The van der Waals surface area contributed by atoms with Gasteiger partial charge in [0.25, 0.3) is 0 Å². The molecule has 0 radical (unpaired) electrons. The molecule has 0 fully saturated rings. The van der Waals surface area contributed by atoms with Crippen LogP contribution in [0, 0.1) is 5.82 Å². The van der Waals surface area contributed by atoms with Gasteiger partial charge < -0.3 is 0 Å². The summed E-state index contributed by atoms with van der Waals surface area (Å²) in [6.45, 7) is 0.603. The predicted octanol–water partition coefficient (Wildman–Crippen LogP) is 5.54. The molecule has 0 amide bonds. The lowest BCUT2D eigenvalue weighted by Crippen LogP contribution is -2.01. The van der Waals surface area contributed by atoms with Crippen molar-refractivity contribution in [1.29, 1.82) is 0 Å². The minimum atomic E-state index is -0.430. The number of hydrogen-bond donors (Lipinski definition) is 0. The Morgan fingerprint density at radius 3 is 2.29 bits per heavy atom. The monoisotopic (exact) mass is 336 g/mol. The van der Waals surface area contributed by atoms with Crippen LogP contribution < -0.4 is 0 Å². The van der Waals surface area contributed by atoms with Gasteiger partial charge in [-0.25, -0.2) is 4.39 Å². The second-order valence-corrected chi connectivity index (χ2v) is 6.05. The highest BCUT2D eigenvalue weighted by atomic mass is 35.5. The molecule has 0 aliphatic carbocycles. The molecule has 0 unspecified atom stereocenters. The van der Waals surface area contributed by atoms with E-state index in [-0.39, 0.29) is 5.02 Å². The van der Waals surface area contributed by atoms with Crippen molar-refractivity contribution in [3.63, 3.8) is 0 Å². The van der Waals surface area contributed by atoms with Gasteiger partial charge in [0, 0.05) is 10.9 Å². The summed E-state index contributed by atoms with van der Waals surface area (Å²) in [5.41, 5.74) is 3.67. The number of nitrogens with zero attached hydrogens (tertiary/aromatic N) is 2. The number of rotatable bonds is 3. The molecule has 4 heteroatoms. The van der Waals surface area contributed by atoms with Crippen molar-refractivity contribution in [2.24, 2.45) is 0 Å².